The number of anilines is 1. The van der Waals surface area contributed by atoms with E-state index >= 15 is 0 Å². The number of rotatable bonds is 3. The lowest BCUT2D eigenvalue weighted by Gasteiger charge is -2.26. The number of hydrogen-bond acceptors (Lipinski definition) is 2. The van der Waals surface area contributed by atoms with Crippen LogP contribution < -0.4 is 11.1 Å². The van der Waals surface area contributed by atoms with Crippen molar-refractivity contribution < 1.29 is 9.18 Å². The zero-order valence-electron chi connectivity index (χ0n) is 12.3. The zero-order valence-corrected chi connectivity index (χ0v) is 12.3. The van der Waals surface area contributed by atoms with Gasteiger partial charge in [0.25, 0.3) is 0 Å². The fraction of sp³-hybridized carbons (Fsp3) is 0.278. The van der Waals surface area contributed by atoms with Gasteiger partial charge in [-0.3, -0.25) is 4.79 Å². The molecule has 3 N–H and O–H groups in total. The van der Waals surface area contributed by atoms with Gasteiger partial charge >= 0.3 is 0 Å². The van der Waals surface area contributed by atoms with Crippen LogP contribution in [0.25, 0.3) is 0 Å². The minimum Gasteiger partial charge on any atom is -0.399 e. The molecule has 1 aliphatic rings. The maximum atomic E-state index is 12.9. The van der Waals surface area contributed by atoms with Gasteiger partial charge in [-0.1, -0.05) is 18.2 Å². The Morgan fingerprint density at radius 1 is 1.23 bits per heavy atom. The molecule has 0 fully saturated rings. The normalized spacial score (nSPS) is 16.9. The van der Waals surface area contributed by atoms with Crippen LogP contribution in [0.1, 0.15) is 35.6 Å². The van der Waals surface area contributed by atoms with Crippen LogP contribution in [0.15, 0.2) is 42.5 Å². The molecule has 0 saturated heterocycles. The monoisotopic (exact) mass is 298 g/mol. The number of aryl methyl sites for hydroxylation is 1. The average Bonchev–Trinajstić information content (AvgIpc) is 2.49. The third-order valence-corrected chi connectivity index (χ3v) is 4.09. The van der Waals surface area contributed by atoms with Crippen LogP contribution in [0.3, 0.4) is 0 Å². The lowest BCUT2D eigenvalue weighted by molar-refractivity contribution is -0.121. The van der Waals surface area contributed by atoms with Crippen LogP contribution in [0.4, 0.5) is 10.1 Å². The minimum atomic E-state index is -0.289. The highest BCUT2D eigenvalue weighted by molar-refractivity contribution is 5.79. The van der Waals surface area contributed by atoms with E-state index in [2.05, 4.69) is 5.32 Å². The highest BCUT2D eigenvalue weighted by Crippen LogP contribution is 2.31. The predicted octanol–water partition coefficient (Wildman–Crippen LogP) is 3.14. The predicted molar refractivity (Wildman–Crippen MR) is 84.8 cm³/mol. The van der Waals surface area contributed by atoms with Crippen LogP contribution >= 0.6 is 0 Å². The lowest BCUT2D eigenvalue weighted by atomic mass is 9.87. The molecule has 22 heavy (non-hydrogen) atoms. The molecular formula is C18H19FN2O. The molecule has 1 atom stereocenters. The largest absolute Gasteiger partial charge is 0.399 e. The standard InChI is InChI=1S/C18H19FN2O/c19-14-6-4-12(5-7-14)10-18(22)21-17-3-1-2-13-11-15(20)8-9-16(13)17/h4-9,11,17H,1-3,10,20H2,(H,21,22). The minimum absolute atomic E-state index is 0.0392. The molecule has 0 aliphatic heterocycles. The topological polar surface area (TPSA) is 55.1 Å². The first-order valence-electron chi connectivity index (χ1n) is 7.54. The number of benzene rings is 2. The van der Waals surface area contributed by atoms with Crippen LogP contribution in [0.5, 0.6) is 0 Å². The van der Waals surface area contributed by atoms with Gasteiger partial charge in [0.15, 0.2) is 0 Å². The Kier molecular flexibility index (Phi) is 4.09. The first kappa shape index (κ1) is 14.6. The molecule has 1 unspecified atom stereocenters. The molecule has 0 aromatic heterocycles. The molecule has 0 saturated carbocycles. The molecule has 114 valence electrons. The Morgan fingerprint density at radius 3 is 2.77 bits per heavy atom. The third-order valence-electron chi connectivity index (χ3n) is 4.09. The van der Waals surface area contributed by atoms with Gasteiger partial charge in [-0.15, -0.1) is 0 Å². The second-order valence-corrected chi connectivity index (χ2v) is 5.77. The summed E-state index contributed by atoms with van der Waals surface area (Å²) in [5.74, 6) is -0.329. The SMILES string of the molecule is Nc1ccc2c(c1)CCCC2NC(=O)Cc1ccc(F)cc1. The number of nitrogen functional groups attached to an aromatic ring is 1. The van der Waals surface area contributed by atoms with Gasteiger partial charge in [0.05, 0.1) is 12.5 Å². The molecule has 0 heterocycles. The Balaban J connectivity index is 1.69. The molecular weight excluding hydrogens is 279 g/mol. The van der Waals surface area contributed by atoms with Crippen LogP contribution in [-0.4, -0.2) is 5.91 Å². The summed E-state index contributed by atoms with van der Waals surface area (Å²) >= 11 is 0. The van der Waals surface area contributed by atoms with Crippen molar-refractivity contribution in [3.63, 3.8) is 0 Å². The van der Waals surface area contributed by atoms with E-state index < -0.39 is 0 Å². The quantitative estimate of drug-likeness (QED) is 0.855. The molecule has 2 aromatic carbocycles. The van der Waals surface area contributed by atoms with E-state index in [9.17, 15) is 9.18 Å². The van der Waals surface area contributed by atoms with Crippen LogP contribution in [0.2, 0.25) is 0 Å². The Morgan fingerprint density at radius 2 is 2.00 bits per heavy atom. The molecule has 4 heteroatoms. The van der Waals surface area contributed by atoms with Crippen molar-refractivity contribution in [2.24, 2.45) is 0 Å². The smallest absolute Gasteiger partial charge is 0.224 e. The maximum absolute atomic E-state index is 12.9. The third kappa shape index (κ3) is 3.27. The fourth-order valence-electron chi connectivity index (χ4n) is 3.02. The van der Waals surface area contributed by atoms with E-state index in [4.69, 9.17) is 5.73 Å². The fourth-order valence-corrected chi connectivity index (χ4v) is 3.02. The van der Waals surface area contributed by atoms with Gasteiger partial charge in [0.2, 0.25) is 5.91 Å². The van der Waals surface area contributed by atoms with E-state index in [1.54, 1.807) is 12.1 Å². The summed E-state index contributed by atoms with van der Waals surface area (Å²) < 4.78 is 12.9. The van der Waals surface area contributed by atoms with E-state index in [-0.39, 0.29) is 24.2 Å². The summed E-state index contributed by atoms with van der Waals surface area (Å²) in [4.78, 5) is 12.2. The number of halogens is 1. The van der Waals surface area contributed by atoms with E-state index in [0.717, 1.165) is 36.1 Å². The number of amides is 1. The summed E-state index contributed by atoms with van der Waals surface area (Å²) in [7, 11) is 0. The molecule has 3 rings (SSSR count). The highest BCUT2D eigenvalue weighted by Gasteiger charge is 2.21. The van der Waals surface area contributed by atoms with Crippen molar-refractivity contribution in [1.29, 1.82) is 0 Å². The van der Waals surface area contributed by atoms with Crippen molar-refractivity contribution in [2.75, 3.05) is 5.73 Å². The van der Waals surface area contributed by atoms with Crippen molar-refractivity contribution in [3.05, 3.63) is 65.0 Å². The van der Waals surface area contributed by atoms with Gasteiger partial charge in [-0.25, -0.2) is 4.39 Å². The second-order valence-electron chi connectivity index (χ2n) is 5.77. The maximum Gasteiger partial charge on any atom is 0.224 e. The summed E-state index contributed by atoms with van der Waals surface area (Å²) in [6, 6.07) is 12.0. The first-order valence-corrected chi connectivity index (χ1v) is 7.54. The number of hydrogen-bond donors (Lipinski definition) is 2. The number of nitrogens with one attached hydrogen (secondary N) is 1. The molecule has 0 radical (unpaired) electrons. The molecule has 1 amide bonds. The van der Waals surface area contributed by atoms with E-state index in [1.165, 1.54) is 17.7 Å². The molecule has 3 nitrogen and oxygen atoms in total. The van der Waals surface area contributed by atoms with Gasteiger partial charge < -0.3 is 11.1 Å². The Labute approximate surface area is 129 Å². The van der Waals surface area contributed by atoms with E-state index in [1.807, 2.05) is 18.2 Å². The van der Waals surface area contributed by atoms with Crippen LogP contribution in [0, 0.1) is 5.82 Å². The summed E-state index contributed by atoms with van der Waals surface area (Å²) in [5, 5.41) is 3.08. The van der Waals surface area contributed by atoms with Crippen molar-refractivity contribution in [3.8, 4) is 0 Å². The van der Waals surface area contributed by atoms with Crippen molar-refractivity contribution in [2.45, 2.75) is 31.7 Å². The van der Waals surface area contributed by atoms with Crippen molar-refractivity contribution >= 4 is 11.6 Å². The number of carbonyl (C=O) groups excluding carboxylic acids is 1. The summed E-state index contributed by atoms with van der Waals surface area (Å²) in [5.41, 5.74) is 9.78. The molecule has 0 spiro atoms. The van der Waals surface area contributed by atoms with E-state index in [0.29, 0.717) is 0 Å². The number of nitrogens with two attached hydrogens (primary N) is 1. The second kappa shape index (κ2) is 6.18. The number of carbonyl (C=O) groups is 1. The van der Waals surface area contributed by atoms with Crippen LogP contribution in [-0.2, 0) is 17.6 Å². The first-order chi connectivity index (χ1) is 10.6. The van der Waals surface area contributed by atoms with Gasteiger partial charge in [0, 0.05) is 5.69 Å². The summed E-state index contributed by atoms with van der Waals surface area (Å²) in [6.45, 7) is 0. The van der Waals surface area contributed by atoms with Gasteiger partial charge in [-0.2, -0.15) is 0 Å². The Hall–Kier alpha value is -2.36. The molecule has 2 aromatic rings. The van der Waals surface area contributed by atoms with Gasteiger partial charge in [-0.05, 0) is 60.2 Å². The Bertz CT molecular complexity index is 682. The van der Waals surface area contributed by atoms with Gasteiger partial charge in [0.1, 0.15) is 5.82 Å². The molecule has 0 bridgehead atoms. The zero-order chi connectivity index (χ0) is 15.5. The lowest BCUT2D eigenvalue weighted by Crippen LogP contribution is -2.32. The number of fused-ring (bicyclic) bond motifs is 1. The summed E-state index contributed by atoms with van der Waals surface area (Å²) in [6.07, 6.45) is 3.25. The highest BCUT2D eigenvalue weighted by atomic mass is 19.1. The molecule has 1 aliphatic carbocycles. The van der Waals surface area contributed by atoms with Crippen molar-refractivity contribution in [1.82, 2.24) is 5.32 Å². The average molecular weight is 298 g/mol.